The van der Waals surface area contributed by atoms with Crippen LogP contribution >= 0.6 is 47.1 Å². The number of rotatable bonds is 7. The maximum Gasteiger partial charge on any atom is 0.191 e. The first-order valence-electron chi connectivity index (χ1n) is 8.45. The molecule has 1 saturated heterocycles. The van der Waals surface area contributed by atoms with Gasteiger partial charge in [0, 0.05) is 41.3 Å². The second-order valence-corrected chi connectivity index (χ2v) is 8.71. The number of halogens is 1. The fourth-order valence-electron chi connectivity index (χ4n) is 2.77. The van der Waals surface area contributed by atoms with E-state index < -0.39 is 0 Å². The molecule has 0 aliphatic carbocycles. The van der Waals surface area contributed by atoms with Gasteiger partial charge in [0.2, 0.25) is 0 Å². The molecule has 24 heavy (non-hydrogen) atoms. The summed E-state index contributed by atoms with van der Waals surface area (Å²) >= 11 is 3.92. The minimum Gasteiger partial charge on any atom is -0.381 e. The third-order valence-electron chi connectivity index (χ3n) is 4.15. The van der Waals surface area contributed by atoms with Crippen LogP contribution in [0.5, 0.6) is 0 Å². The quantitative estimate of drug-likeness (QED) is 0.351. The molecule has 0 radical (unpaired) electrons. The lowest BCUT2D eigenvalue weighted by molar-refractivity contribution is 0.0782. The predicted molar refractivity (Wildman–Crippen MR) is 118 cm³/mol. The SMILES string of the molecule is CCSC1(CNC(=NC)NCc2ccc(CC)s2)CCOCC1.I. The standard InChI is InChI=1S/C17H29N3OS2.HI/c1-4-14-6-7-15(23-14)12-19-16(18-3)20-13-17(22-5-2)8-10-21-11-9-17;/h6-7H,4-5,8-13H2,1-3H3,(H2,18,19,20);1H. The summed E-state index contributed by atoms with van der Waals surface area (Å²) in [6.45, 7) is 7.95. The number of aryl methyl sites for hydroxylation is 1. The Balaban J connectivity index is 0.00000288. The molecule has 0 saturated carbocycles. The fraction of sp³-hybridized carbons (Fsp3) is 0.706. The maximum absolute atomic E-state index is 5.54. The van der Waals surface area contributed by atoms with Crippen molar-refractivity contribution in [3.8, 4) is 0 Å². The number of guanidine groups is 1. The van der Waals surface area contributed by atoms with Crippen LogP contribution in [-0.4, -0.2) is 43.3 Å². The Labute approximate surface area is 171 Å². The van der Waals surface area contributed by atoms with Crippen molar-refractivity contribution in [3.05, 3.63) is 21.9 Å². The number of hydrogen-bond donors (Lipinski definition) is 2. The molecule has 0 atom stereocenters. The van der Waals surface area contributed by atoms with Crippen molar-refractivity contribution in [1.82, 2.24) is 10.6 Å². The van der Waals surface area contributed by atoms with Gasteiger partial charge in [-0.25, -0.2) is 0 Å². The summed E-state index contributed by atoms with van der Waals surface area (Å²) in [4.78, 5) is 7.15. The molecule has 1 fully saturated rings. The van der Waals surface area contributed by atoms with Crippen LogP contribution in [-0.2, 0) is 17.7 Å². The Bertz CT molecular complexity index is 496. The van der Waals surface area contributed by atoms with Crippen molar-refractivity contribution in [3.63, 3.8) is 0 Å². The van der Waals surface area contributed by atoms with E-state index in [-0.39, 0.29) is 28.7 Å². The van der Waals surface area contributed by atoms with Crippen LogP contribution in [0, 0.1) is 0 Å². The Morgan fingerprint density at radius 3 is 2.54 bits per heavy atom. The molecule has 2 N–H and O–H groups in total. The molecule has 0 unspecified atom stereocenters. The van der Waals surface area contributed by atoms with Gasteiger partial charge in [-0.3, -0.25) is 4.99 Å². The lowest BCUT2D eigenvalue weighted by Crippen LogP contribution is -2.47. The molecular formula is C17H30IN3OS2. The van der Waals surface area contributed by atoms with E-state index in [1.165, 1.54) is 9.75 Å². The second kappa shape index (κ2) is 11.6. The average Bonchev–Trinajstić information content (AvgIpc) is 3.04. The van der Waals surface area contributed by atoms with E-state index in [1.807, 2.05) is 30.1 Å². The molecular weight excluding hydrogens is 453 g/mol. The van der Waals surface area contributed by atoms with Crippen molar-refractivity contribution in [2.45, 2.75) is 44.4 Å². The largest absolute Gasteiger partial charge is 0.381 e. The van der Waals surface area contributed by atoms with Gasteiger partial charge in [0.15, 0.2) is 5.96 Å². The summed E-state index contributed by atoms with van der Waals surface area (Å²) in [6, 6.07) is 4.42. The molecule has 0 aromatic carbocycles. The van der Waals surface area contributed by atoms with E-state index in [1.54, 1.807) is 0 Å². The number of thioether (sulfide) groups is 1. The van der Waals surface area contributed by atoms with Crippen LogP contribution in [0.1, 0.15) is 36.4 Å². The van der Waals surface area contributed by atoms with Gasteiger partial charge in [0.1, 0.15) is 0 Å². The number of ether oxygens (including phenoxy) is 1. The zero-order valence-electron chi connectivity index (χ0n) is 14.9. The summed E-state index contributed by atoms with van der Waals surface area (Å²) in [7, 11) is 1.84. The minimum absolute atomic E-state index is 0. The monoisotopic (exact) mass is 483 g/mol. The minimum atomic E-state index is 0. The van der Waals surface area contributed by atoms with Crippen LogP contribution in [0.2, 0.25) is 0 Å². The molecule has 4 nitrogen and oxygen atoms in total. The Morgan fingerprint density at radius 2 is 1.96 bits per heavy atom. The van der Waals surface area contributed by atoms with Crippen molar-refractivity contribution in [2.75, 3.05) is 32.6 Å². The molecule has 0 bridgehead atoms. The van der Waals surface area contributed by atoms with E-state index in [9.17, 15) is 0 Å². The third-order valence-corrected chi connectivity index (χ3v) is 6.84. The molecule has 0 spiro atoms. The molecule has 2 rings (SSSR count). The number of nitrogens with one attached hydrogen (secondary N) is 2. The molecule has 7 heteroatoms. The van der Waals surface area contributed by atoms with Crippen molar-refractivity contribution in [1.29, 1.82) is 0 Å². The predicted octanol–water partition coefficient (Wildman–Crippen LogP) is 3.90. The highest BCUT2D eigenvalue weighted by Crippen LogP contribution is 2.34. The molecule has 0 amide bonds. The van der Waals surface area contributed by atoms with Gasteiger partial charge in [-0.05, 0) is 37.1 Å². The highest BCUT2D eigenvalue weighted by atomic mass is 127. The number of thiophene rings is 1. The Kier molecular flexibility index (Phi) is 10.7. The highest BCUT2D eigenvalue weighted by molar-refractivity contribution is 14.0. The summed E-state index contributed by atoms with van der Waals surface area (Å²) in [5.74, 6) is 2.03. The van der Waals surface area contributed by atoms with E-state index in [4.69, 9.17) is 4.74 Å². The van der Waals surface area contributed by atoms with Crippen molar-refractivity contribution >= 4 is 53.0 Å². The van der Waals surface area contributed by atoms with Gasteiger partial charge >= 0.3 is 0 Å². The molecule has 1 aliphatic heterocycles. The number of hydrogen-bond acceptors (Lipinski definition) is 4. The first-order chi connectivity index (χ1) is 11.2. The first-order valence-corrected chi connectivity index (χ1v) is 10.3. The lowest BCUT2D eigenvalue weighted by atomic mass is 9.99. The first kappa shape index (κ1) is 22.1. The van der Waals surface area contributed by atoms with Gasteiger partial charge in [0.05, 0.1) is 6.54 Å². The summed E-state index contributed by atoms with van der Waals surface area (Å²) in [5.41, 5.74) is 0. The highest BCUT2D eigenvalue weighted by Gasteiger charge is 2.32. The van der Waals surface area contributed by atoms with Gasteiger partial charge in [-0.1, -0.05) is 13.8 Å². The zero-order chi connectivity index (χ0) is 16.5. The van der Waals surface area contributed by atoms with Gasteiger partial charge in [-0.2, -0.15) is 11.8 Å². The van der Waals surface area contributed by atoms with Gasteiger partial charge in [-0.15, -0.1) is 35.3 Å². The number of nitrogens with zero attached hydrogens (tertiary/aromatic N) is 1. The van der Waals surface area contributed by atoms with E-state index in [0.717, 1.165) is 57.3 Å². The van der Waals surface area contributed by atoms with E-state index >= 15 is 0 Å². The lowest BCUT2D eigenvalue weighted by Gasteiger charge is -2.37. The summed E-state index contributed by atoms with van der Waals surface area (Å²) in [6.07, 6.45) is 3.33. The van der Waals surface area contributed by atoms with Crippen molar-refractivity contribution < 1.29 is 4.74 Å². The molecule has 1 aromatic rings. The fourth-order valence-corrected chi connectivity index (χ4v) is 4.90. The van der Waals surface area contributed by atoms with Crippen molar-refractivity contribution in [2.24, 2.45) is 4.99 Å². The molecule has 1 aromatic heterocycles. The zero-order valence-corrected chi connectivity index (χ0v) is 18.9. The van der Waals surface area contributed by atoms with Gasteiger partial charge in [0.25, 0.3) is 0 Å². The van der Waals surface area contributed by atoms with Crippen LogP contribution in [0.4, 0.5) is 0 Å². The van der Waals surface area contributed by atoms with Crippen LogP contribution in [0.15, 0.2) is 17.1 Å². The van der Waals surface area contributed by atoms with Crippen LogP contribution in [0.25, 0.3) is 0 Å². The molecule has 2 heterocycles. The molecule has 138 valence electrons. The van der Waals surface area contributed by atoms with Crippen LogP contribution in [0.3, 0.4) is 0 Å². The maximum atomic E-state index is 5.54. The summed E-state index contributed by atoms with van der Waals surface area (Å²) < 4.78 is 5.82. The summed E-state index contributed by atoms with van der Waals surface area (Å²) in [5, 5.41) is 6.95. The van der Waals surface area contributed by atoms with E-state index in [0.29, 0.717) is 0 Å². The Morgan fingerprint density at radius 1 is 1.25 bits per heavy atom. The second-order valence-electron chi connectivity index (χ2n) is 5.73. The smallest absolute Gasteiger partial charge is 0.191 e. The van der Waals surface area contributed by atoms with Crippen LogP contribution < -0.4 is 10.6 Å². The average molecular weight is 483 g/mol. The molecule has 1 aliphatic rings. The van der Waals surface area contributed by atoms with E-state index in [2.05, 4.69) is 41.6 Å². The number of aliphatic imine (C=N–C) groups is 1. The Hall–Kier alpha value is 0.01000. The van der Waals surface area contributed by atoms with Gasteiger partial charge < -0.3 is 15.4 Å². The third kappa shape index (κ3) is 6.72. The topological polar surface area (TPSA) is 45.7 Å². The normalized spacial score (nSPS) is 17.2.